The molecule has 37 heavy (non-hydrogen) atoms. The molecule has 0 aliphatic rings. The molecule has 0 amide bonds. The van der Waals surface area contributed by atoms with Crippen molar-refractivity contribution in [3.05, 3.63) is 0 Å². The molecule has 0 aromatic rings. The van der Waals surface area contributed by atoms with Gasteiger partial charge in [0.05, 0.1) is 27.7 Å². The number of likely N-dealkylation sites (N-methyl/N-ethyl adjacent to an activating group) is 1. The number of rotatable bonds is 27. The van der Waals surface area contributed by atoms with Crippen molar-refractivity contribution >= 4 is 13.8 Å². The van der Waals surface area contributed by atoms with Gasteiger partial charge in [0.15, 0.2) is 0 Å². The van der Waals surface area contributed by atoms with Gasteiger partial charge in [0.25, 0.3) is 7.82 Å². The number of ether oxygens (including phenoxy) is 1. The fourth-order valence-electron chi connectivity index (χ4n) is 4.32. The predicted octanol–water partition coefficient (Wildman–Crippen LogP) is 7.56. The van der Waals surface area contributed by atoms with Crippen molar-refractivity contribution in [2.24, 2.45) is 0 Å². The monoisotopic (exact) mass is 549 g/mol. The van der Waals surface area contributed by atoms with Gasteiger partial charge in [-0.05, 0) is 12.8 Å². The largest absolute Gasteiger partial charge is 0.756 e. The lowest BCUT2D eigenvalue weighted by Crippen LogP contribution is -2.37. The predicted molar refractivity (Wildman–Crippen MR) is 151 cm³/mol. The Morgan fingerprint density at radius 1 is 0.730 bits per heavy atom. The van der Waals surface area contributed by atoms with Crippen molar-refractivity contribution in [2.45, 2.75) is 142 Å². The van der Waals surface area contributed by atoms with Crippen molar-refractivity contribution in [3.8, 4) is 0 Å². The van der Waals surface area contributed by atoms with Crippen LogP contribution < -0.4 is 4.89 Å². The van der Waals surface area contributed by atoms with Gasteiger partial charge in [-0.25, -0.2) is 0 Å². The molecule has 0 aliphatic heterocycles. The van der Waals surface area contributed by atoms with Gasteiger partial charge < -0.3 is 23.2 Å². The van der Waals surface area contributed by atoms with Crippen LogP contribution in [0, 0.1) is 0 Å². The van der Waals surface area contributed by atoms with Crippen LogP contribution >= 0.6 is 7.82 Å². The topological polar surface area (TPSA) is 84.9 Å². The molecule has 2 unspecified atom stereocenters. The smallest absolute Gasteiger partial charge is 0.302 e. The highest BCUT2D eigenvalue weighted by Crippen LogP contribution is 2.38. The zero-order valence-corrected chi connectivity index (χ0v) is 25.9. The molecule has 0 aromatic carbocycles. The molecule has 0 fully saturated rings. The van der Waals surface area contributed by atoms with E-state index < -0.39 is 19.9 Å². The van der Waals surface area contributed by atoms with Gasteiger partial charge in [-0.15, -0.1) is 0 Å². The van der Waals surface area contributed by atoms with Crippen LogP contribution in [0.2, 0.25) is 0 Å². The Bertz CT molecular complexity index is 581. The molecule has 0 heterocycles. The minimum atomic E-state index is -4.41. The maximum atomic E-state index is 12.0. The van der Waals surface area contributed by atoms with E-state index in [-0.39, 0.29) is 13.2 Å². The number of unbranched alkanes of at least 4 members (excludes halogenated alkanes) is 17. The number of hydrogen-bond acceptors (Lipinski definition) is 6. The Kier molecular flexibility index (Phi) is 23.1. The number of phosphoric ester groups is 1. The van der Waals surface area contributed by atoms with Crippen LogP contribution in [0.4, 0.5) is 0 Å². The first-order valence-electron chi connectivity index (χ1n) is 15.1. The third kappa shape index (κ3) is 28.4. The summed E-state index contributed by atoms with van der Waals surface area (Å²) in [4.78, 5) is 23.4. The molecule has 0 N–H and O–H groups in total. The van der Waals surface area contributed by atoms with Crippen LogP contribution in [0.25, 0.3) is 0 Å². The van der Waals surface area contributed by atoms with Gasteiger partial charge in [-0.2, -0.15) is 0 Å². The average molecular weight is 550 g/mol. The summed E-state index contributed by atoms with van der Waals surface area (Å²) in [5.41, 5.74) is 0. The highest BCUT2D eigenvalue weighted by molar-refractivity contribution is 7.45. The Morgan fingerprint density at radius 2 is 1.14 bits per heavy atom. The molecule has 0 saturated carbocycles. The number of quaternary nitrogens is 1. The lowest BCUT2D eigenvalue weighted by molar-refractivity contribution is -0.870. The first kappa shape index (κ1) is 36.5. The number of nitrogens with zero attached hydrogens (tertiary/aromatic N) is 1. The standard InChI is InChI=1S/C29H60NO6P/c1-6-7-8-9-10-11-12-13-14-15-16-17-18-19-20-21-22-23-24-29(36-28(2)31)27-35-37(32,33)34-26-25-30(3,4)5/h29H,6-27H2,1-5H3. The lowest BCUT2D eigenvalue weighted by atomic mass is 10.0. The van der Waals surface area contributed by atoms with Gasteiger partial charge in [0.1, 0.15) is 19.3 Å². The summed E-state index contributed by atoms with van der Waals surface area (Å²) in [6.45, 7) is 4.01. The van der Waals surface area contributed by atoms with Gasteiger partial charge in [0.2, 0.25) is 0 Å². The van der Waals surface area contributed by atoms with Crippen LogP contribution in [-0.4, -0.2) is 57.5 Å². The van der Waals surface area contributed by atoms with Gasteiger partial charge in [-0.3, -0.25) is 9.36 Å². The third-order valence-electron chi connectivity index (χ3n) is 6.64. The van der Waals surface area contributed by atoms with Crippen LogP contribution in [0.15, 0.2) is 0 Å². The molecule has 0 spiro atoms. The molecule has 0 aliphatic carbocycles. The summed E-state index contributed by atoms with van der Waals surface area (Å²) in [7, 11) is 1.46. The zero-order valence-electron chi connectivity index (χ0n) is 25.0. The average Bonchev–Trinajstić information content (AvgIpc) is 2.80. The molecule has 2 atom stereocenters. The third-order valence-corrected chi connectivity index (χ3v) is 7.61. The van der Waals surface area contributed by atoms with Crippen LogP contribution in [0.5, 0.6) is 0 Å². The second-order valence-corrected chi connectivity index (χ2v) is 13.0. The van der Waals surface area contributed by atoms with E-state index in [0.717, 1.165) is 19.3 Å². The fraction of sp³-hybridized carbons (Fsp3) is 0.966. The molecule has 222 valence electrons. The van der Waals surface area contributed by atoms with Crippen molar-refractivity contribution in [2.75, 3.05) is 40.9 Å². The Labute approximate surface area is 229 Å². The quantitative estimate of drug-likeness (QED) is 0.0455. The minimum Gasteiger partial charge on any atom is -0.756 e. The summed E-state index contributed by atoms with van der Waals surface area (Å²) in [6.07, 6.45) is 23.6. The van der Waals surface area contributed by atoms with Crippen molar-refractivity contribution in [1.29, 1.82) is 0 Å². The maximum absolute atomic E-state index is 12.0. The molecule has 0 aromatic heterocycles. The highest BCUT2D eigenvalue weighted by Gasteiger charge is 2.18. The summed E-state index contributed by atoms with van der Waals surface area (Å²) < 4.78 is 27.7. The summed E-state index contributed by atoms with van der Waals surface area (Å²) >= 11 is 0. The zero-order chi connectivity index (χ0) is 27.8. The normalized spacial score (nSPS) is 14.4. The maximum Gasteiger partial charge on any atom is 0.302 e. The second-order valence-electron chi connectivity index (χ2n) is 11.6. The highest BCUT2D eigenvalue weighted by atomic mass is 31.2. The molecule has 8 heteroatoms. The SMILES string of the molecule is CCCCCCCCCCCCCCCCCCCCC(COP(=O)([O-])OCC[N+](C)(C)C)OC(C)=O. The van der Waals surface area contributed by atoms with E-state index in [1.807, 2.05) is 21.1 Å². The lowest BCUT2D eigenvalue weighted by Gasteiger charge is -2.28. The van der Waals surface area contributed by atoms with Crippen molar-refractivity contribution < 1.29 is 32.5 Å². The van der Waals surface area contributed by atoms with E-state index in [1.54, 1.807) is 0 Å². The minimum absolute atomic E-state index is 0.0573. The Morgan fingerprint density at radius 3 is 1.51 bits per heavy atom. The van der Waals surface area contributed by atoms with E-state index in [1.165, 1.54) is 103 Å². The molecule has 0 bridgehead atoms. The van der Waals surface area contributed by atoms with Crippen LogP contribution in [0.1, 0.15) is 136 Å². The number of carbonyl (C=O) groups excluding carboxylic acids is 1. The summed E-state index contributed by atoms with van der Waals surface area (Å²) in [6, 6.07) is 0. The molecular formula is C29H60NO6P. The number of hydrogen-bond donors (Lipinski definition) is 0. The fourth-order valence-corrected chi connectivity index (χ4v) is 5.05. The number of carbonyl (C=O) groups is 1. The first-order valence-corrected chi connectivity index (χ1v) is 16.6. The van der Waals surface area contributed by atoms with Crippen molar-refractivity contribution in [1.82, 2.24) is 0 Å². The number of phosphoric acid groups is 1. The molecule has 7 nitrogen and oxygen atoms in total. The van der Waals surface area contributed by atoms with Crippen molar-refractivity contribution in [3.63, 3.8) is 0 Å². The molecule has 0 radical (unpaired) electrons. The first-order chi connectivity index (χ1) is 17.6. The van der Waals surface area contributed by atoms with E-state index >= 15 is 0 Å². The van der Waals surface area contributed by atoms with Gasteiger partial charge >= 0.3 is 5.97 Å². The van der Waals surface area contributed by atoms with E-state index in [4.69, 9.17) is 13.8 Å². The summed E-state index contributed by atoms with van der Waals surface area (Å²) in [5, 5.41) is 0. The molecular weight excluding hydrogens is 489 g/mol. The summed E-state index contributed by atoms with van der Waals surface area (Å²) in [5.74, 6) is -0.428. The second kappa shape index (κ2) is 23.4. The van der Waals surface area contributed by atoms with Gasteiger partial charge in [-0.1, -0.05) is 116 Å². The van der Waals surface area contributed by atoms with Crippen LogP contribution in [0.3, 0.4) is 0 Å². The Balaban J connectivity index is 3.71. The van der Waals surface area contributed by atoms with Gasteiger partial charge in [0, 0.05) is 6.92 Å². The molecule has 0 rings (SSSR count). The van der Waals surface area contributed by atoms with Crippen LogP contribution in [-0.2, 0) is 23.1 Å². The number of esters is 1. The Hall–Kier alpha value is -0.460. The molecule has 0 saturated heterocycles. The van der Waals surface area contributed by atoms with E-state index in [2.05, 4.69) is 6.92 Å². The van der Waals surface area contributed by atoms with E-state index in [0.29, 0.717) is 17.4 Å². The van der Waals surface area contributed by atoms with E-state index in [9.17, 15) is 14.3 Å².